The molecule has 2 aliphatic rings. The van der Waals surface area contributed by atoms with Gasteiger partial charge in [0.2, 0.25) is 5.91 Å². The molecule has 0 saturated carbocycles. The van der Waals surface area contributed by atoms with Crippen LogP contribution >= 0.6 is 0 Å². The Morgan fingerprint density at radius 1 is 1.29 bits per heavy atom. The first kappa shape index (κ1) is 10.6. The van der Waals surface area contributed by atoms with Crippen LogP contribution in [0.4, 0.5) is 11.4 Å². The van der Waals surface area contributed by atoms with Crippen LogP contribution < -0.4 is 16.0 Å². The fourth-order valence-corrected chi connectivity index (χ4v) is 2.25. The fourth-order valence-electron chi connectivity index (χ4n) is 2.25. The zero-order valence-electron chi connectivity index (χ0n) is 9.75. The number of aryl methyl sites for hydroxylation is 1. The van der Waals surface area contributed by atoms with Gasteiger partial charge in [0.25, 0.3) is 0 Å². The summed E-state index contributed by atoms with van der Waals surface area (Å²) in [5.41, 5.74) is 3.37. The van der Waals surface area contributed by atoms with Crippen molar-refractivity contribution in [1.82, 2.24) is 5.32 Å². The Hall–Kier alpha value is -1.55. The molecule has 1 saturated heterocycles. The van der Waals surface area contributed by atoms with E-state index in [0.29, 0.717) is 6.42 Å². The second kappa shape index (κ2) is 4.37. The van der Waals surface area contributed by atoms with Gasteiger partial charge in [-0.1, -0.05) is 0 Å². The molecule has 0 aromatic heterocycles. The van der Waals surface area contributed by atoms with Crippen molar-refractivity contribution in [3.05, 3.63) is 23.8 Å². The van der Waals surface area contributed by atoms with E-state index in [9.17, 15) is 4.79 Å². The molecular weight excluding hydrogens is 214 g/mol. The van der Waals surface area contributed by atoms with Crippen LogP contribution in [0.1, 0.15) is 12.0 Å². The predicted molar refractivity (Wildman–Crippen MR) is 68.2 cm³/mol. The van der Waals surface area contributed by atoms with Crippen LogP contribution in [0.3, 0.4) is 0 Å². The third-order valence-corrected chi connectivity index (χ3v) is 3.46. The first-order valence-electron chi connectivity index (χ1n) is 6.18. The van der Waals surface area contributed by atoms with Crippen molar-refractivity contribution in [3.63, 3.8) is 0 Å². The van der Waals surface area contributed by atoms with Crippen molar-refractivity contribution >= 4 is 17.3 Å². The van der Waals surface area contributed by atoms with Crippen LogP contribution in [0.15, 0.2) is 18.2 Å². The minimum Gasteiger partial charge on any atom is -0.385 e. The molecule has 1 aromatic carbocycles. The van der Waals surface area contributed by atoms with Crippen molar-refractivity contribution < 1.29 is 4.79 Å². The van der Waals surface area contributed by atoms with Gasteiger partial charge in [-0.2, -0.15) is 0 Å². The lowest BCUT2D eigenvalue weighted by Crippen LogP contribution is -2.45. The van der Waals surface area contributed by atoms with Crippen molar-refractivity contribution in [1.29, 1.82) is 0 Å². The topological polar surface area (TPSA) is 53.2 Å². The first-order chi connectivity index (χ1) is 8.31. The molecule has 0 atom stereocenters. The summed E-state index contributed by atoms with van der Waals surface area (Å²) in [4.78, 5) is 11.2. The molecule has 1 amide bonds. The molecule has 2 aliphatic heterocycles. The molecule has 0 unspecified atom stereocenters. The van der Waals surface area contributed by atoms with Gasteiger partial charge >= 0.3 is 0 Å². The van der Waals surface area contributed by atoms with E-state index in [1.54, 1.807) is 0 Å². The van der Waals surface area contributed by atoms with Crippen LogP contribution in [0.25, 0.3) is 0 Å². The van der Waals surface area contributed by atoms with E-state index in [0.717, 1.165) is 43.3 Å². The standard InChI is InChI=1S/C13H17N3O/c17-13-4-1-10-5-11(2-3-12(10)16-13)15-8-9-6-14-7-9/h2-3,5,9,14-15H,1,4,6-8H2,(H,16,17). The van der Waals surface area contributed by atoms with E-state index in [1.165, 1.54) is 5.56 Å². The second-order valence-electron chi connectivity index (χ2n) is 4.83. The first-order valence-corrected chi connectivity index (χ1v) is 6.18. The van der Waals surface area contributed by atoms with Gasteiger partial charge in [-0.05, 0) is 30.2 Å². The van der Waals surface area contributed by atoms with Gasteiger partial charge < -0.3 is 16.0 Å². The maximum atomic E-state index is 11.2. The Kier molecular flexibility index (Phi) is 2.73. The highest BCUT2D eigenvalue weighted by Crippen LogP contribution is 2.25. The number of carbonyl (C=O) groups is 1. The molecule has 1 aromatic rings. The molecule has 1 fully saturated rings. The summed E-state index contributed by atoms with van der Waals surface area (Å²) in [6.45, 7) is 3.26. The summed E-state index contributed by atoms with van der Waals surface area (Å²) >= 11 is 0. The number of hydrogen-bond donors (Lipinski definition) is 3. The van der Waals surface area contributed by atoms with Gasteiger partial charge in [-0.25, -0.2) is 0 Å². The molecule has 0 bridgehead atoms. The molecule has 0 radical (unpaired) electrons. The van der Waals surface area contributed by atoms with Gasteiger partial charge in [0.05, 0.1) is 0 Å². The van der Waals surface area contributed by atoms with E-state index in [1.807, 2.05) is 12.1 Å². The number of benzene rings is 1. The van der Waals surface area contributed by atoms with Crippen molar-refractivity contribution in [3.8, 4) is 0 Å². The Morgan fingerprint density at radius 2 is 2.18 bits per heavy atom. The second-order valence-corrected chi connectivity index (χ2v) is 4.83. The van der Waals surface area contributed by atoms with E-state index >= 15 is 0 Å². The van der Waals surface area contributed by atoms with Gasteiger partial charge in [-0.3, -0.25) is 4.79 Å². The van der Waals surface area contributed by atoms with Gasteiger partial charge in [0.1, 0.15) is 0 Å². The summed E-state index contributed by atoms with van der Waals surface area (Å²) in [6.07, 6.45) is 1.45. The van der Waals surface area contributed by atoms with Crippen molar-refractivity contribution in [2.24, 2.45) is 5.92 Å². The molecule has 2 heterocycles. The number of nitrogens with one attached hydrogen (secondary N) is 3. The minimum absolute atomic E-state index is 0.124. The molecule has 0 spiro atoms. The molecule has 4 nitrogen and oxygen atoms in total. The quantitative estimate of drug-likeness (QED) is 0.732. The zero-order chi connectivity index (χ0) is 11.7. The summed E-state index contributed by atoms with van der Waals surface area (Å²) < 4.78 is 0. The molecule has 17 heavy (non-hydrogen) atoms. The maximum Gasteiger partial charge on any atom is 0.224 e. The number of amides is 1. The highest BCUT2D eigenvalue weighted by Gasteiger charge is 2.17. The lowest BCUT2D eigenvalue weighted by atomic mass is 10.0. The number of rotatable bonds is 3. The van der Waals surface area contributed by atoms with Crippen LogP contribution in [-0.4, -0.2) is 25.5 Å². The van der Waals surface area contributed by atoms with Crippen LogP contribution in [0.5, 0.6) is 0 Å². The third kappa shape index (κ3) is 2.26. The fraction of sp³-hybridized carbons (Fsp3) is 0.462. The van der Waals surface area contributed by atoms with Gasteiger partial charge in [0, 0.05) is 43.3 Å². The molecule has 0 aliphatic carbocycles. The summed E-state index contributed by atoms with van der Waals surface area (Å²) in [5, 5.41) is 9.62. The predicted octanol–water partition coefficient (Wildman–Crippen LogP) is 1.20. The van der Waals surface area contributed by atoms with Crippen molar-refractivity contribution in [2.45, 2.75) is 12.8 Å². The summed E-state index contributed by atoms with van der Waals surface area (Å²) in [6, 6.07) is 6.19. The summed E-state index contributed by atoms with van der Waals surface area (Å²) in [7, 11) is 0. The van der Waals surface area contributed by atoms with E-state index in [4.69, 9.17) is 0 Å². The average molecular weight is 231 g/mol. The number of carbonyl (C=O) groups excluding carboxylic acids is 1. The molecular formula is C13H17N3O. The Balaban J connectivity index is 1.67. The largest absolute Gasteiger partial charge is 0.385 e. The zero-order valence-corrected chi connectivity index (χ0v) is 9.75. The SMILES string of the molecule is O=C1CCc2cc(NCC3CNC3)ccc2N1. The Bertz CT molecular complexity index is 440. The van der Waals surface area contributed by atoms with Crippen LogP contribution in [0, 0.1) is 5.92 Å². The Labute approximate surface area is 101 Å². The summed E-state index contributed by atoms with van der Waals surface area (Å²) in [5.74, 6) is 0.879. The number of fused-ring (bicyclic) bond motifs is 1. The number of hydrogen-bond acceptors (Lipinski definition) is 3. The maximum absolute atomic E-state index is 11.2. The molecule has 90 valence electrons. The monoisotopic (exact) mass is 231 g/mol. The highest BCUT2D eigenvalue weighted by molar-refractivity contribution is 5.94. The van der Waals surface area contributed by atoms with E-state index < -0.39 is 0 Å². The lowest BCUT2D eigenvalue weighted by Gasteiger charge is -2.27. The van der Waals surface area contributed by atoms with E-state index in [2.05, 4.69) is 22.0 Å². The average Bonchev–Trinajstić information content (AvgIpc) is 2.27. The molecule has 3 rings (SSSR count). The normalized spacial score (nSPS) is 19.2. The minimum atomic E-state index is 0.124. The lowest BCUT2D eigenvalue weighted by molar-refractivity contribution is -0.116. The Morgan fingerprint density at radius 3 is 2.94 bits per heavy atom. The van der Waals surface area contributed by atoms with Crippen molar-refractivity contribution in [2.75, 3.05) is 30.3 Å². The van der Waals surface area contributed by atoms with Gasteiger partial charge in [-0.15, -0.1) is 0 Å². The van der Waals surface area contributed by atoms with Crippen LogP contribution in [0.2, 0.25) is 0 Å². The highest BCUT2D eigenvalue weighted by atomic mass is 16.1. The van der Waals surface area contributed by atoms with E-state index in [-0.39, 0.29) is 5.91 Å². The van der Waals surface area contributed by atoms with Gasteiger partial charge in [0.15, 0.2) is 0 Å². The molecule has 4 heteroatoms. The molecule has 3 N–H and O–H groups in total. The third-order valence-electron chi connectivity index (χ3n) is 3.46. The smallest absolute Gasteiger partial charge is 0.224 e. The van der Waals surface area contributed by atoms with Crippen LogP contribution in [-0.2, 0) is 11.2 Å². The number of anilines is 2.